The molecule has 2 bridgehead atoms. The van der Waals surface area contributed by atoms with Crippen molar-refractivity contribution in [2.75, 3.05) is 6.54 Å². The fraction of sp³-hybridized carbons (Fsp3) is 0.923. The average Bonchev–Trinajstić information content (AvgIpc) is 2.74. The summed E-state index contributed by atoms with van der Waals surface area (Å²) in [5, 5.41) is 12.9. The Bertz CT molecular complexity index is 288. The third kappa shape index (κ3) is 1.65. The fourth-order valence-corrected chi connectivity index (χ4v) is 3.94. The average molecular weight is 223 g/mol. The number of hydrogen-bond acceptors (Lipinski definition) is 2. The number of fused-ring (bicyclic) bond motifs is 2. The van der Waals surface area contributed by atoms with Gasteiger partial charge in [-0.2, -0.15) is 0 Å². The van der Waals surface area contributed by atoms with E-state index in [4.69, 9.17) is 0 Å². The summed E-state index contributed by atoms with van der Waals surface area (Å²) in [6, 6.07) is 0.275. The van der Waals surface area contributed by atoms with Crippen LogP contribution in [0.5, 0.6) is 0 Å². The summed E-state index contributed by atoms with van der Waals surface area (Å²) in [6.07, 6.45) is 7.59. The predicted octanol–water partition coefficient (Wildman–Crippen LogP) is 1.88. The number of carboxylic acid groups (broad SMARTS) is 1. The van der Waals surface area contributed by atoms with E-state index in [1.807, 2.05) is 0 Å². The Morgan fingerprint density at radius 1 is 1.19 bits per heavy atom. The lowest BCUT2D eigenvalue weighted by atomic mass is 9.82. The first-order chi connectivity index (χ1) is 7.75. The lowest BCUT2D eigenvalue weighted by Crippen LogP contribution is -2.46. The van der Waals surface area contributed by atoms with E-state index in [9.17, 15) is 9.90 Å². The SMILES string of the molecule is O=C(O)C1C2CCC(C2)C1NCC1CCC1. The van der Waals surface area contributed by atoms with Gasteiger partial charge in [0, 0.05) is 6.04 Å². The van der Waals surface area contributed by atoms with Crippen LogP contribution >= 0.6 is 0 Å². The second kappa shape index (κ2) is 4.02. The van der Waals surface area contributed by atoms with Crippen LogP contribution in [0.2, 0.25) is 0 Å². The molecule has 0 saturated heterocycles. The maximum atomic E-state index is 11.3. The molecule has 0 aromatic heterocycles. The molecular weight excluding hydrogens is 202 g/mol. The third-order valence-corrected chi connectivity index (χ3v) is 5.07. The molecule has 3 fully saturated rings. The van der Waals surface area contributed by atoms with Crippen LogP contribution in [0, 0.1) is 23.7 Å². The fourth-order valence-electron chi connectivity index (χ4n) is 3.94. The molecule has 0 aromatic carbocycles. The maximum absolute atomic E-state index is 11.3. The Labute approximate surface area is 96.6 Å². The van der Waals surface area contributed by atoms with Gasteiger partial charge in [0.25, 0.3) is 0 Å². The number of nitrogens with one attached hydrogen (secondary N) is 1. The van der Waals surface area contributed by atoms with Gasteiger partial charge in [0.05, 0.1) is 5.92 Å². The van der Waals surface area contributed by atoms with Crippen molar-refractivity contribution in [3.8, 4) is 0 Å². The molecule has 0 amide bonds. The van der Waals surface area contributed by atoms with E-state index < -0.39 is 5.97 Å². The van der Waals surface area contributed by atoms with E-state index in [1.54, 1.807) is 0 Å². The Balaban J connectivity index is 1.60. The molecule has 4 unspecified atom stereocenters. The molecule has 3 heteroatoms. The molecular formula is C13H21NO2. The molecule has 4 atom stereocenters. The Morgan fingerprint density at radius 2 is 1.94 bits per heavy atom. The standard InChI is InChI=1S/C13H21NO2/c15-13(16)11-9-4-5-10(6-9)12(11)14-7-8-2-1-3-8/h8-12,14H,1-7H2,(H,15,16). The van der Waals surface area contributed by atoms with Crippen molar-refractivity contribution in [3.63, 3.8) is 0 Å². The largest absolute Gasteiger partial charge is 0.481 e. The van der Waals surface area contributed by atoms with Gasteiger partial charge in [-0.05, 0) is 56.4 Å². The summed E-state index contributed by atoms with van der Waals surface area (Å²) in [5.41, 5.74) is 0. The van der Waals surface area contributed by atoms with Crippen LogP contribution in [0.3, 0.4) is 0 Å². The normalized spacial score (nSPS) is 42.2. The van der Waals surface area contributed by atoms with Crippen LogP contribution in [-0.2, 0) is 4.79 Å². The van der Waals surface area contributed by atoms with Gasteiger partial charge >= 0.3 is 5.97 Å². The summed E-state index contributed by atoms with van der Waals surface area (Å²) < 4.78 is 0. The Kier molecular flexibility index (Phi) is 2.66. The molecule has 3 saturated carbocycles. The van der Waals surface area contributed by atoms with E-state index in [-0.39, 0.29) is 12.0 Å². The van der Waals surface area contributed by atoms with Gasteiger partial charge in [0.1, 0.15) is 0 Å². The van der Waals surface area contributed by atoms with Crippen molar-refractivity contribution in [2.45, 2.75) is 44.6 Å². The molecule has 0 spiro atoms. The van der Waals surface area contributed by atoms with Crippen molar-refractivity contribution in [3.05, 3.63) is 0 Å². The molecule has 0 radical (unpaired) electrons. The van der Waals surface area contributed by atoms with Crippen molar-refractivity contribution < 1.29 is 9.90 Å². The first-order valence-corrected chi connectivity index (χ1v) is 6.72. The first-order valence-electron chi connectivity index (χ1n) is 6.72. The van der Waals surface area contributed by atoms with E-state index in [1.165, 1.54) is 25.7 Å². The van der Waals surface area contributed by atoms with Gasteiger partial charge in [-0.15, -0.1) is 0 Å². The molecule has 3 aliphatic rings. The zero-order valence-corrected chi connectivity index (χ0v) is 9.69. The smallest absolute Gasteiger partial charge is 0.308 e. The quantitative estimate of drug-likeness (QED) is 0.765. The molecule has 0 aliphatic heterocycles. The number of aliphatic carboxylic acids is 1. The highest BCUT2D eigenvalue weighted by atomic mass is 16.4. The van der Waals surface area contributed by atoms with E-state index in [0.717, 1.165) is 25.3 Å². The van der Waals surface area contributed by atoms with Crippen LogP contribution in [0.4, 0.5) is 0 Å². The number of carboxylic acids is 1. The van der Waals surface area contributed by atoms with Gasteiger partial charge in [0.2, 0.25) is 0 Å². The monoisotopic (exact) mass is 223 g/mol. The number of rotatable bonds is 4. The zero-order chi connectivity index (χ0) is 11.1. The Hall–Kier alpha value is -0.570. The van der Waals surface area contributed by atoms with Gasteiger partial charge in [0.15, 0.2) is 0 Å². The molecule has 2 N–H and O–H groups in total. The summed E-state index contributed by atoms with van der Waals surface area (Å²) in [4.78, 5) is 11.3. The molecule has 16 heavy (non-hydrogen) atoms. The predicted molar refractivity (Wildman–Crippen MR) is 61.1 cm³/mol. The number of hydrogen-bond donors (Lipinski definition) is 2. The van der Waals surface area contributed by atoms with Gasteiger partial charge in [-0.1, -0.05) is 6.42 Å². The van der Waals surface area contributed by atoms with E-state index in [2.05, 4.69) is 5.32 Å². The summed E-state index contributed by atoms with van der Waals surface area (Å²) in [6.45, 7) is 1.05. The molecule has 90 valence electrons. The second-order valence-electron chi connectivity index (χ2n) is 5.93. The van der Waals surface area contributed by atoms with E-state index >= 15 is 0 Å². The summed E-state index contributed by atoms with van der Waals surface area (Å²) in [7, 11) is 0. The van der Waals surface area contributed by atoms with Crippen LogP contribution in [-0.4, -0.2) is 23.7 Å². The molecule has 3 rings (SSSR count). The maximum Gasteiger partial charge on any atom is 0.308 e. The second-order valence-corrected chi connectivity index (χ2v) is 5.93. The van der Waals surface area contributed by atoms with Crippen molar-refractivity contribution in [1.29, 1.82) is 0 Å². The van der Waals surface area contributed by atoms with Crippen molar-refractivity contribution in [2.24, 2.45) is 23.7 Å². The van der Waals surface area contributed by atoms with Crippen molar-refractivity contribution >= 4 is 5.97 Å². The van der Waals surface area contributed by atoms with Crippen molar-refractivity contribution in [1.82, 2.24) is 5.32 Å². The molecule has 0 heterocycles. The van der Waals surface area contributed by atoms with Gasteiger partial charge in [-0.25, -0.2) is 0 Å². The third-order valence-electron chi connectivity index (χ3n) is 5.07. The van der Waals surface area contributed by atoms with E-state index in [0.29, 0.717) is 11.8 Å². The lowest BCUT2D eigenvalue weighted by molar-refractivity contribution is -0.144. The molecule has 0 aromatic rings. The van der Waals surface area contributed by atoms with Crippen LogP contribution < -0.4 is 5.32 Å². The lowest BCUT2D eigenvalue weighted by Gasteiger charge is -2.33. The minimum Gasteiger partial charge on any atom is -0.481 e. The summed E-state index contributed by atoms with van der Waals surface area (Å²) in [5.74, 6) is 1.26. The topological polar surface area (TPSA) is 49.3 Å². The minimum atomic E-state index is -0.571. The number of carbonyl (C=O) groups is 1. The summed E-state index contributed by atoms with van der Waals surface area (Å²) >= 11 is 0. The highest BCUT2D eigenvalue weighted by molar-refractivity contribution is 5.72. The highest BCUT2D eigenvalue weighted by Gasteiger charge is 2.50. The van der Waals surface area contributed by atoms with Crippen LogP contribution in [0.1, 0.15) is 38.5 Å². The van der Waals surface area contributed by atoms with Crippen LogP contribution in [0.25, 0.3) is 0 Å². The minimum absolute atomic E-state index is 0.0983. The van der Waals surface area contributed by atoms with Gasteiger partial charge in [-0.3, -0.25) is 4.79 Å². The van der Waals surface area contributed by atoms with Gasteiger partial charge < -0.3 is 10.4 Å². The zero-order valence-electron chi connectivity index (χ0n) is 9.69. The highest BCUT2D eigenvalue weighted by Crippen LogP contribution is 2.48. The van der Waals surface area contributed by atoms with Crippen LogP contribution in [0.15, 0.2) is 0 Å². The Morgan fingerprint density at radius 3 is 2.56 bits per heavy atom. The first kappa shape index (κ1) is 10.6. The molecule has 3 aliphatic carbocycles. The molecule has 3 nitrogen and oxygen atoms in total.